The van der Waals surface area contributed by atoms with Crippen LogP contribution in [0.15, 0.2) is 18.2 Å². The first-order valence-electron chi connectivity index (χ1n) is 3.69. The van der Waals surface area contributed by atoms with Crippen LogP contribution >= 0.6 is 0 Å². The van der Waals surface area contributed by atoms with E-state index < -0.39 is 5.82 Å². The molecule has 12 heavy (non-hydrogen) atoms. The maximum absolute atomic E-state index is 12.5. The molecule has 2 nitrogen and oxygen atoms in total. The van der Waals surface area contributed by atoms with E-state index in [2.05, 4.69) is 0 Å². The van der Waals surface area contributed by atoms with Crippen LogP contribution in [0.1, 0.15) is 19.4 Å². The normalized spacial score (nSPS) is 7.83. The molecular formula is C9H11FN2. The highest BCUT2D eigenvalue weighted by Crippen LogP contribution is 2.09. The van der Waals surface area contributed by atoms with Crippen LogP contribution in [0.5, 0.6) is 0 Å². The van der Waals surface area contributed by atoms with Crippen LogP contribution in [0.2, 0.25) is 0 Å². The number of rotatable bonds is 0. The van der Waals surface area contributed by atoms with Crippen molar-refractivity contribution in [2.24, 2.45) is 0 Å². The Morgan fingerprint density at radius 3 is 2.42 bits per heavy atom. The molecule has 0 amide bonds. The Morgan fingerprint density at radius 2 is 2.00 bits per heavy atom. The van der Waals surface area contributed by atoms with Crippen molar-refractivity contribution >= 4 is 5.69 Å². The lowest BCUT2D eigenvalue weighted by Crippen LogP contribution is -1.88. The van der Waals surface area contributed by atoms with Crippen LogP contribution < -0.4 is 5.73 Å². The Hall–Kier alpha value is -1.56. The maximum Gasteiger partial charge on any atom is 0.141 e. The molecule has 3 heteroatoms. The van der Waals surface area contributed by atoms with Gasteiger partial charge in [0, 0.05) is 5.69 Å². The number of halogens is 1. The standard InChI is InChI=1S/C7H5FN2.C2H6/c8-7-2-1-6(10)3-5(7)4-9;1-2/h1-3H,10H2;1-2H3. The third-order valence-corrected chi connectivity index (χ3v) is 1.11. The molecule has 0 bridgehead atoms. The quantitative estimate of drug-likeness (QED) is 0.601. The van der Waals surface area contributed by atoms with Gasteiger partial charge in [-0.15, -0.1) is 0 Å². The molecule has 0 aliphatic rings. The van der Waals surface area contributed by atoms with Gasteiger partial charge in [0.05, 0.1) is 5.56 Å². The molecule has 0 saturated heterocycles. The summed E-state index contributed by atoms with van der Waals surface area (Å²) in [6.07, 6.45) is 0. The van der Waals surface area contributed by atoms with Crippen molar-refractivity contribution in [2.45, 2.75) is 13.8 Å². The summed E-state index contributed by atoms with van der Waals surface area (Å²) in [5.41, 5.74) is 5.67. The molecule has 2 N–H and O–H groups in total. The summed E-state index contributed by atoms with van der Waals surface area (Å²) >= 11 is 0. The molecule has 0 heterocycles. The zero-order chi connectivity index (χ0) is 9.56. The topological polar surface area (TPSA) is 49.8 Å². The van der Waals surface area contributed by atoms with Crippen LogP contribution in [0.3, 0.4) is 0 Å². The summed E-state index contributed by atoms with van der Waals surface area (Å²) in [6.45, 7) is 4.00. The summed E-state index contributed by atoms with van der Waals surface area (Å²) in [4.78, 5) is 0. The van der Waals surface area contributed by atoms with Gasteiger partial charge < -0.3 is 5.73 Å². The third-order valence-electron chi connectivity index (χ3n) is 1.11. The van der Waals surface area contributed by atoms with E-state index in [0.29, 0.717) is 5.69 Å². The highest BCUT2D eigenvalue weighted by molar-refractivity contribution is 5.45. The molecule has 0 aromatic heterocycles. The van der Waals surface area contributed by atoms with Gasteiger partial charge >= 0.3 is 0 Å². The average Bonchev–Trinajstić information content (AvgIpc) is 2.13. The van der Waals surface area contributed by atoms with Crippen LogP contribution in [0, 0.1) is 17.1 Å². The first-order chi connectivity index (χ1) is 5.74. The first kappa shape index (κ1) is 10.4. The Balaban J connectivity index is 0.000000561. The van der Waals surface area contributed by atoms with E-state index in [0.717, 1.165) is 0 Å². The fourth-order valence-electron chi connectivity index (χ4n) is 0.629. The Bertz CT molecular complexity index is 289. The molecule has 64 valence electrons. The lowest BCUT2D eigenvalue weighted by molar-refractivity contribution is 0.624. The van der Waals surface area contributed by atoms with Gasteiger partial charge in [0.15, 0.2) is 0 Å². The molecule has 0 aliphatic heterocycles. The molecule has 0 spiro atoms. The van der Waals surface area contributed by atoms with Gasteiger partial charge in [-0.1, -0.05) is 13.8 Å². The van der Waals surface area contributed by atoms with Gasteiger partial charge in [0.2, 0.25) is 0 Å². The number of nitrogens with zero attached hydrogens (tertiary/aromatic N) is 1. The fraction of sp³-hybridized carbons (Fsp3) is 0.222. The summed E-state index contributed by atoms with van der Waals surface area (Å²) < 4.78 is 12.5. The van der Waals surface area contributed by atoms with E-state index in [-0.39, 0.29) is 5.56 Å². The minimum Gasteiger partial charge on any atom is -0.399 e. The second kappa shape index (κ2) is 5.14. The zero-order valence-electron chi connectivity index (χ0n) is 7.13. The molecule has 0 radical (unpaired) electrons. The van der Waals surface area contributed by atoms with Crippen molar-refractivity contribution in [1.29, 1.82) is 5.26 Å². The summed E-state index contributed by atoms with van der Waals surface area (Å²) in [6, 6.07) is 5.57. The zero-order valence-corrected chi connectivity index (χ0v) is 7.13. The molecular weight excluding hydrogens is 155 g/mol. The average molecular weight is 166 g/mol. The van der Waals surface area contributed by atoms with Crippen LogP contribution in [-0.2, 0) is 0 Å². The molecule has 0 atom stereocenters. The second-order valence-electron chi connectivity index (χ2n) is 1.85. The SMILES string of the molecule is CC.N#Cc1cc(N)ccc1F. The van der Waals surface area contributed by atoms with E-state index in [1.807, 2.05) is 13.8 Å². The van der Waals surface area contributed by atoms with E-state index in [1.165, 1.54) is 18.2 Å². The summed E-state index contributed by atoms with van der Waals surface area (Å²) in [5.74, 6) is -0.531. The molecule has 0 saturated carbocycles. The monoisotopic (exact) mass is 166 g/mol. The molecule has 0 fully saturated rings. The van der Waals surface area contributed by atoms with Crippen LogP contribution in [0.25, 0.3) is 0 Å². The number of benzene rings is 1. The number of nitrogens with two attached hydrogens (primary N) is 1. The maximum atomic E-state index is 12.5. The number of anilines is 1. The predicted octanol–water partition coefficient (Wildman–Crippen LogP) is 2.31. The Morgan fingerprint density at radius 1 is 1.42 bits per heavy atom. The number of nitriles is 1. The lowest BCUT2D eigenvalue weighted by atomic mass is 10.2. The number of hydrogen-bond acceptors (Lipinski definition) is 2. The van der Waals surface area contributed by atoms with E-state index in [9.17, 15) is 4.39 Å². The molecule has 1 aromatic rings. The Labute approximate surface area is 71.4 Å². The summed E-state index contributed by atoms with van der Waals surface area (Å²) in [5, 5.41) is 8.30. The van der Waals surface area contributed by atoms with Gasteiger partial charge in [-0.05, 0) is 18.2 Å². The van der Waals surface area contributed by atoms with Crippen molar-refractivity contribution in [3.05, 3.63) is 29.6 Å². The van der Waals surface area contributed by atoms with Gasteiger partial charge in [-0.3, -0.25) is 0 Å². The number of hydrogen-bond donors (Lipinski definition) is 1. The van der Waals surface area contributed by atoms with E-state index in [1.54, 1.807) is 6.07 Å². The highest BCUT2D eigenvalue weighted by atomic mass is 19.1. The third kappa shape index (κ3) is 2.59. The largest absolute Gasteiger partial charge is 0.399 e. The van der Waals surface area contributed by atoms with Crippen molar-refractivity contribution in [1.82, 2.24) is 0 Å². The highest BCUT2D eigenvalue weighted by Gasteiger charge is 1.98. The van der Waals surface area contributed by atoms with E-state index in [4.69, 9.17) is 11.0 Å². The fourth-order valence-corrected chi connectivity index (χ4v) is 0.629. The minimum absolute atomic E-state index is 0.0139. The van der Waals surface area contributed by atoms with Crippen molar-refractivity contribution in [2.75, 3.05) is 5.73 Å². The van der Waals surface area contributed by atoms with Crippen molar-refractivity contribution in [3.63, 3.8) is 0 Å². The number of nitrogen functional groups attached to an aromatic ring is 1. The molecule has 0 aliphatic carbocycles. The van der Waals surface area contributed by atoms with Crippen molar-refractivity contribution < 1.29 is 4.39 Å². The van der Waals surface area contributed by atoms with Gasteiger partial charge in [-0.25, -0.2) is 4.39 Å². The second-order valence-corrected chi connectivity index (χ2v) is 1.85. The van der Waals surface area contributed by atoms with Gasteiger partial charge in [0.1, 0.15) is 11.9 Å². The molecule has 0 unspecified atom stereocenters. The minimum atomic E-state index is -0.531. The molecule has 1 rings (SSSR count). The summed E-state index contributed by atoms with van der Waals surface area (Å²) in [7, 11) is 0. The lowest BCUT2D eigenvalue weighted by Gasteiger charge is -1.93. The van der Waals surface area contributed by atoms with E-state index >= 15 is 0 Å². The predicted molar refractivity (Wildman–Crippen MR) is 46.9 cm³/mol. The smallest absolute Gasteiger partial charge is 0.141 e. The molecule has 1 aromatic carbocycles. The van der Waals surface area contributed by atoms with Crippen LogP contribution in [0.4, 0.5) is 10.1 Å². The van der Waals surface area contributed by atoms with Gasteiger partial charge in [0.25, 0.3) is 0 Å². The van der Waals surface area contributed by atoms with Crippen LogP contribution in [-0.4, -0.2) is 0 Å². The van der Waals surface area contributed by atoms with Gasteiger partial charge in [-0.2, -0.15) is 5.26 Å². The first-order valence-corrected chi connectivity index (χ1v) is 3.69. The van der Waals surface area contributed by atoms with Crippen molar-refractivity contribution in [3.8, 4) is 6.07 Å². The Kier molecular flexibility index (Phi) is 4.47.